The van der Waals surface area contributed by atoms with Crippen LogP contribution < -0.4 is 4.74 Å². The normalized spacial score (nSPS) is 11.7. The Hall–Kier alpha value is -3.49. The van der Waals surface area contributed by atoms with Crippen LogP contribution in [0, 0.1) is 0 Å². The highest BCUT2D eigenvalue weighted by molar-refractivity contribution is 5.92. The average Bonchev–Trinajstić information content (AvgIpc) is 2.99. The fraction of sp³-hybridized carbons (Fsp3) is 0.111. The summed E-state index contributed by atoms with van der Waals surface area (Å²) in [6, 6.07) is 9.23. The van der Waals surface area contributed by atoms with E-state index >= 15 is 0 Å². The van der Waals surface area contributed by atoms with E-state index in [1.807, 2.05) is 6.07 Å². The first-order chi connectivity index (χ1) is 12.9. The van der Waals surface area contributed by atoms with Crippen molar-refractivity contribution in [3.8, 4) is 22.9 Å². The molecule has 4 aromatic heterocycles. The van der Waals surface area contributed by atoms with E-state index in [1.54, 1.807) is 36.1 Å². The number of halogens is 3. The molecule has 6 nitrogen and oxygen atoms in total. The largest absolute Gasteiger partial charge is 0.437 e. The number of nitrogens with zero attached hydrogens (tertiary/aromatic N) is 5. The van der Waals surface area contributed by atoms with Gasteiger partial charge in [-0.1, -0.05) is 0 Å². The molecule has 4 aromatic rings. The van der Waals surface area contributed by atoms with Gasteiger partial charge in [-0.2, -0.15) is 18.3 Å². The van der Waals surface area contributed by atoms with Crippen LogP contribution in [0.1, 0.15) is 5.69 Å². The Balaban J connectivity index is 1.74. The monoisotopic (exact) mass is 371 g/mol. The molecule has 136 valence electrons. The minimum atomic E-state index is -4.51. The molecule has 0 atom stereocenters. The standard InChI is InChI=1S/C18H12F3N5O/c1-26-16-12(4-2-8-22-16)15(25-26)13-5-3-9-23-17(13)27-11-6-7-14(24-10-11)18(19,20)21/h2-10H,1H3. The van der Waals surface area contributed by atoms with E-state index in [4.69, 9.17) is 4.74 Å². The molecule has 0 aliphatic carbocycles. The van der Waals surface area contributed by atoms with Crippen LogP contribution in [0.4, 0.5) is 13.2 Å². The lowest BCUT2D eigenvalue weighted by Gasteiger charge is -2.10. The zero-order chi connectivity index (χ0) is 19.0. The van der Waals surface area contributed by atoms with Crippen molar-refractivity contribution in [2.75, 3.05) is 0 Å². The molecule has 0 spiro atoms. The van der Waals surface area contributed by atoms with Gasteiger partial charge in [0.1, 0.15) is 17.1 Å². The Morgan fingerprint density at radius 3 is 2.48 bits per heavy atom. The number of ether oxygens (including phenoxy) is 1. The van der Waals surface area contributed by atoms with Gasteiger partial charge in [-0.25, -0.2) is 19.6 Å². The molecule has 0 aliphatic heterocycles. The van der Waals surface area contributed by atoms with E-state index in [9.17, 15) is 13.2 Å². The molecule has 0 unspecified atom stereocenters. The topological polar surface area (TPSA) is 65.7 Å². The summed E-state index contributed by atoms with van der Waals surface area (Å²) in [6.07, 6.45) is -0.296. The fourth-order valence-corrected chi connectivity index (χ4v) is 2.66. The van der Waals surface area contributed by atoms with Crippen molar-refractivity contribution in [1.82, 2.24) is 24.7 Å². The third kappa shape index (κ3) is 3.19. The Bertz CT molecular complexity index is 1110. The van der Waals surface area contributed by atoms with Crippen molar-refractivity contribution in [2.24, 2.45) is 7.05 Å². The number of rotatable bonds is 3. The number of alkyl halides is 3. The molecule has 4 heterocycles. The maximum Gasteiger partial charge on any atom is 0.433 e. The van der Waals surface area contributed by atoms with Gasteiger partial charge in [0.2, 0.25) is 5.88 Å². The predicted molar refractivity (Wildman–Crippen MR) is 91.1 cm³/mol. The maximum atomic E-state index is 12.7. The van der Waals surface area contributed by atoms with Crippen LogP contribution in [0.2, 0.25) is 0 Å². The molecule has 0 aliphatic rings. The Morgan fingerprint density at radius 2 is 1.74 bits per heavy atom. The van der Waals surface area contributed by atoms with Crippen molar-refractivity contribution < 1.29 is 17.9 Å². The first kappa shape index (κ1) is 17.0. The number of hydrogen-bond acceptors (Lipinski definition) is 5. The van der Waals surface area contributed by atoms with E-state index < -0.39 is 11.9 Å². The molecule has 0 bridgehead atoms. The number of aromatic nitrogens is 5. The molecule has 0 aromatic carbocycles. The number of pyridine rings is 3. The van der Waals surface area contributed by atoms with E-state index in [-0.39, 0.29) is 11.6 Å². The lowest BCUT2D eigenvalue weighted by atomic mass is 10.1. The Kier molecular flexibility index (Phi) is 3.98. The van der Waals surface area contributed by atoms with E-state index in [2.05, 4.69) is 20.1 Å². The van der Waals surface area contributed by atoms with Crippen LogP contribution in [-0.2, 0) is 13.2 Å². The van der Waals surface area contributed by atoms with E-state index in [0.717, 1.165) is 17.6 Å². The van der Waals surface area contributed by atoms with Gasteiger partial charge < -0.3 is 4.74 Å². The number of fused-ring (bicyclic) bond motifs is 1. The van der Waals surface area contributed by atoms with Crippen LogP contribution in [0.5, 0.6) is 11.6 Å². The van der Waals surface area contributed by atoms with Crippen LogP contribution in [0.25, 0.3) is 22.3 Å². The summed E-state index contributed by atoms with van der Waals surface area (Å²) in [5.74, 6) is 0.351. The third-order valence-electron chi connectivity index (χ3n) is 3.87. The molecule has 0 fully saturated rings. The second-order valence-electron chi connectivity index (χ2n) is 5.68. The highest BCUT2D eigenvalue weighted by Crippen LogP contribution is 2.35. The maximum absolute atomic E-state index is 12.7. The quantitative estimate of drug-likeness (QED) is 0.539. The first-order valence-electron chi connectivity index (χ1n) is 7.88. The number of aryl methyl sites for hydroxylation is 1. The summed E-state index contributed by atoms with van der Waals surface area (Å²) in [5, 5.41) is 5.29. The van der Waals surface area contributed by atoms with Crippen molar-refractivity contribution in [3.05, 3.63) is 60.7 Å². The Labute approximate surface area is 151 Å². The van der Waals surface area contributed by atoms with Gasteiger partial charge in [-0.15, -0.1) is 0 Å². The average molecular weight is 371 g/mol. The molecule has 0 saturated heterocycles. The second kappa shape index (κ2) is 6.35. The molecular formula is C18H12F3N5O. The van der Waals surface area contributed by atoms with Gasteiger partial charge in [0.15, 0.2) is 5.65 Å². The summed E-state index contributed by atoms with van der Waals surface area (Å²) < 4.78 is 45.3. The highest BCUT2D eigenvalue weighted by Gasteiger charge is 2.32. The summed E-state index contributed by atoms with van der Waals surface area (Å²) >= 11 is 0. The zero-order valence-electron chi connectivity index (χ0n) is 14.0. The molecule has 0 amide bonds. The van der Waals surface area contributed by atoms with Crippen molar-refractivity contribution in [3.63, 3.8) is 0 Å². The predicted octanol–water partition coefficient (Wildman–Crippen LogP) is 4.24. The van der Waals surface area contributed by atoms with Crippen molar-refractivity contribution in [2.45, 2.75) is 6.18 Å². The molecule has 0 N–H and O–H groups in total. The smallest absolute Gasteiger partial charge is 0.433 e. The van der Waals surface area contributed by atoms with Gasteiger partial charge in [-0.05, 0) is 36.4 Å². The molecular weight excluding hydrogens is 359 g/mol. The van der Waals surface area contributed by atoms with Gasteiger partial charge in [0.25, 0.3) is 0 Å². The van der Waals surface area contributed by atoms with E-state index in [1.165, 1.54) is 12.3 Å². The van der Waals surface area contributed by atoms with Gasteiger partial charge in [0, 0.05) is 24.8 Å². The van der Waals surface area contributed by atoms with Crippen LogP contribution in [-0.4, -0.2) is 24.7 Å². The fourth-order valence-electron chi connectivity index (χ4n) is 2.66. The molecule has 0 saturated carbocycles. The molecule has 27 heavy (non-hydrogen) atoms. The lowest BCUT2D eigenvalue weighted by Crippen LogP contribution is -2.07. The molecule has 9 heteroatoms. The summed E-state index contributed by atoms with van der Waals surface area (Å²) in [4.78, 5) is 11.9. The molecule has 4 rings (SSSR count). The first-order valence-corrected chi connectivity index (χ1v) is 7.88. The SMILES string of the molecule is Cn1nc(-c2cccnc2Oc2ccc(C(F)(F)F)nc2)c2cccnc21. The van der Waals surface area contributed by atoms with Crippen molar-refractivity contribution >= 4 is 11.0 Å². The summed E-state index contributed by atoms with van der Waals surface area (Å²) in [7, 11) is 1.77. The van der Waals surface area contributed by atoms with Gasteiger partial charge >= 0.3 is 6.18 Å². The van der Waals surface area contributed by atoms with Gasteiger partial charge in [0.05, 0.1) is 11.8 Å². The Morgan fingerprint density at radius 1 is 0.963 bits per heavy atom. The highest BCUT2D eigenvalue weighted by atomic mass is 19.4. The summed E-state index contributed by atoms with van der Waals surface area (Å²) in [6.45, 7) is 0. The lowest BCUT2D eigenvalue weighted by molar-refractivity contribution is -0.141. The van der Waals surface area contributed by atoms with Crippen LogP contribution in [0.15, 0.2) is 55.0 Å². The minimum Gasteiger partial charge on any atom is -0.437 e. The number of hydrogen-bond donors (Lipinski definition) is 0. The summed E-state index contributed by atoms with van der Waals surface area (Å²) in [5.41, 5.74) is 0.913. The second-order valence-corrected chi connectivity index (χ2v) is 5.68. The minimum absolute atomic E-state index is 0.140. The van der Waals surface area contributed by atoms with Crippen LogP contribution in [0.3, 0.4) is 0 Å². The third-order valence-corrected chi connectivity index (χ3v) is 3.87. The van der Waals surface area contributed by atoms with Crippen LogP contribution >= 0.6 is 0 Å². The molecule has 0 radical (unpaired) electrons. The van der Waals surface area contributed by atoms with Crippen molar-refractivity contribution in [1.29, 1.82) is 0 Å². The van der Waals surface area contributed by atoms with Gasteiger partial charge in [-0.3, -0.25) is 0 Å². The van der Waals surface area contributed by atoms with E-state index in [0.29, 0.717) is 16.9 Å². The zero-order valence-corrected chi connectivity index (χ0v) is 14.0.